The number of rotatable bonds is 8. The molecule has 1 fully saturated rings. The largest absolute Gasteiger partial charge is 0.481 e. The molecule has 28 heavy (non-hydrogen) atoms. The van der Waals surface area contributed by atoms with Gasteiger partial charge >= 0.3 is 5.97 Å². The van der Waals surface area contributed by atoms with Crippen LogP contribution < -0.4 is 10.6 Å². The molecular formula is C22H24N2O4. The first-order valence-corrected chi connectivity index (χ1v) is 9.41. The summed E-state index contributed by atoms with van der Waals surface area (Å²) in [5, 5.41) is 15.0. The van der Waals surface area contributed by atoms with E-state index in [1.165, 1.54) is 0 Å². The Balaban J connectivity index is 1.71. The van der Waals surface area contributed by atoms with E-state index in [0.717, 1.165) is 12.0 Å². The minimum Gasteiger partial charge on any atom is -0.481 e. The second kappa shape index (κ2) is 8.69. The van der Waals surface area contributed by atoms with Crippen LogP contribution in [0.15, 0.2) is 60.7 Å². The van der Waals surface area contributed by atoms with Gasteiger partial charge in [-0.2, -0.15) is 0 Å². The van der Waals surface area contributed by atoms with Gasteiger partial charge in [0.2, 0.25) is 5.91 Å². The van der Waals surface area contributed by atoms with E-state index in [1.54, 1.807) is 24.3 Å². The van der Waals surface area contributed by atoms with Gasteiger partial charge in [-0.15, -0.1) is 0 Å². The predicted octanol–water partition coefficient (Wildman–Crippen LogP) is 3.06. The van der Waals surface area contributed by atoms with Gasteiger partial charge in [-0.25, -0.2) is 0 Å². The molecule has 0 aromatic heterocycles. The molecule has 0 heterocycles. The molecule has 1 aliphatic carbocycles. The molecule has 0 aliphatic heterocycles. The van der Waals surface area contributed by atoms with E-state index in [1.807, 2.05) is 36.4 Å². The maximum absolute atomic E-state index is 12.7. The molecule has 2 aromatic carbocycles. The molecule has 1 unspecified atom stereocenters. The van der Waals surface area contributed by atoms with Crippen LogP contribution in [0.1, 0.15) is 54.1 Å². The first-order chi connectivity index (χ1) is 13.5. The van der Waals surface area contributed by atoms with Gasteiger partial charge in [0.05, 0.1) is 24.4 Å². The van der Waals surface area contributed by atoms with Crippen molar-refractivity contribution in [2.45, 2.75) is 43.7 Å². The zero-order valence-corrected chi connectivity index (χ0v) is 15.6. The zero-order chi connectivity index (χ0) is 20.0. The van der Waals surface area contributed by atoms with Gasteiger partial charge in [0.15, 0.2) is 0 Å². The van der Waals surface area contributed by atoms with Crippen molar-refractivity contribution in [3.8, 4) is 0 Å². The molecule has 3 rings (SSSR count). The Hall–Kier alpha value is -3.15. The average Bonchev–Trinajstić information content (AvgIpc) is 2.66. The highest BCUT2D eigenvalue weighted by atomic mass is 16.4. The molecule has 0 bridgehead atoms. The molecule has 3 N–H and O–H groups in total. The second-order valence-corrected chi connectivity index (χ2v) is 7.26. The van der Waals surface area contributed by atoms with Gasteiger partial charge < -0.3 is 15.7 Å². The van der Waals surface area contributed by atoms with E-state index in [4.69, 9.17) is 5.11 Å². The Morgan fingerprint density at radius 1 is 0.964 bits per heavy atom. The van der Waals surface area contributed by atoms with Crippen molar-refractivity contribution in [3.05, 3.63) is 71.8 Å². The van der Waals surface area contributed by atoms with Crippen molar-refractivity contribution in [1.82, 2.24) is 10.6 Å². The molecule has 6 nitrogen and oxygen atoms in total. The van der Waals surface area contributed by atoms with Crippen LogP contribution in [-0.4, -0.2) is 28.4 Å². The van der Waals surface area contributed by atoms with Crippen LogP contribution in [-0.2, 0) is 9.59 Å². The fraction of sp³-hybridized carbons (Fsp3) is 0.318. The van der Waals surface area contributed by atoms with Crippen LogP contribution in [0.4, 0.5) is 0 Å². The number of amides is 2. The highest BCUT2D eigenvalue weighted by Crippen LogP contribution is 2.35. The summed E-state index contributed by atoms with van der Waals surface area (Å²) in [6.07, 6.45) is 2.20. The molecule has 146 valence electrons. The van der Waals surface area contributed by atoms with Crippen molar-refractivity contribution < 1.29 is 19.5 Å². The Morgan fingerprint density at radius 3 is 2.11 bits per heavy atom. The van der Waals surface area contributed by atoms with Gasteiger partial charge in [0.25, 0.3) is 5.91 Å². The SMILES string of the molecule is O=C(O)CC1(NC(=O)CC(NC(=O)c2ccccc2)c2ccccc2)CCC1. The fourth-order valence-corrected chi connectivity index (χ4v) is 3.54. The standard InChI is InChI=1S/C22H24N2O4/c25-19(24-22(12-7-13-22)15-20(26)27)14-18(16-8-3-1-4-9-16)23-21(28)17-10-5-2-6-11-17/h1-6,8-11,18H,7,12-15H2,(H,23,28)(H,24,25)(H,26,27). The lowest BCUT2D eigenvalue weighted by Gasteiger charge is -2.41. The molecule has 1 atom stereocenters. The number of aliphatic carboxylic acids is 1. The van der Waals surface area contributed by atoms with Gasteiger partial charge in [0.1, 0.15) is 0 Å². The molecule has 0 radical (unpaired) electrons. The Labute approximate surface area is 164 Å². The predicted molar refractivity (Wildman–Crippen MR) is 105 cm³/mol. The van der Waals surface area contributed by atoms with Gasteiger partial charge in [-0.05, 0) is 37.0 Å². The number of nitrogens with one attached hydrogen (secondary N) is 2. The third-order valence-electron chi connectivity index (χ3n) is 5.14. The fourth-order valence-electron chi connectivity index (χ4n) is 3.54. The normalized spacial score (nSPS) is 15.7. The first-order valence-electron chi connectivity index (χ1n) is 9.41. The van der Waals surface area contributed by atoms with Gasteiger partial charge in [-0.1, -0.05) is 48.5 Å². The van der Waals surface area contributed by atoms with E-state index >= 15 is 0 Å². The van der Waals surface area contributed by atoms with E-state index in [0.29, 0.717) is 18.4 Å². The summed E-state index contributed by atoms with van der Waals surface area (Å²) in [5.74, 6) is -1.44. The molecule has 0 saturated heterocycles. The molecule has 1 saturated carbocycles. The van der Waals surface area contributed by atoms with Crippen molar-refractivity contribution in [2.24, 2.45) is 0 Å². The van der Waals surface area contributed by atoms with Crippen molar-refractivity contribution >= 4 is 17.8 Å². The maximum atomic E-state index is 12.7. The summed E-state index contributed by atoms with van der Waals surface area (Å²) in [4.78, 5) is 36.4. The lowest BCUT2D eigenvalue weighted by Crippen LogP contribution is -2.55. The van der Waals surface area contributed by atoms with E-state index in [9.17, 15) is 14.4 Å². The number of carbonyl (C=O) groups is 3. The van der Waals surface area contributed by atoms with Gasteiger partial charge in [0, 0.05) is 5.56 Å². The minimum absolute atomic E-state index is 0.0456. The highest BCUT2D eigenvalue weighted by molar-refractivity contribution is 5.94. The lowest BCUT2D eigenvalue weighted by molar-refractivity contribution is -0.140. The molecule has 2 aromatic rings. The summed E-state index contributed by atoms with van der Waals surface area (Å²) >= 11 is 0. The second-order valence-electron chi connectivity index (χ2n) is 7.26. The van der Waals surface area contributed by atoms with Crippen molar-refractivity contribution in [2.75, 3.05) is 0 Å². The van der Waals surface area contributed by atoms with E-state index in [2.05, 4.69) is 10.6 Å². The number of carbonyl (C=O) groups excluding carboxylic acids is 2. The number of hydrogen-bond donors (Lipinski definition) is 3. The summed E-state index contributed by atoms with van der Waals surface area (Å²) < 4.78 is 0. The summed E-state index contributed by atoms with van der Waals surface area (Å²) in [7, 11) is 0. The monoisotopic (exact) mass is 380 g/mol. The minimum atomic E-state index is -0.919. The highest BCUT2D eigenvalue weighted by Gasteiger charge is 2.40. The smallest absolute Gasteiger partial charge is 0.305 e. The van der Waals surface area contributed by atoms with Crippen LogP contribution in [0.25, 0.3) is 0 Å². The molecule has 0 spiro atoms. The van der Waals surface area contributed by atoms with Crippen LogP contribution in [0, 0.1) is 0 Å². The number of hydrogen-bond acceptors (Lipinski definition) is 3. The number of benzene rings is 2. The quantitative estimate of drug-likeness (QED) is 0.656. The van der Waals surface area contributed by atoms with Crippen molar-refractivity contribution in [3.63, 3.8) is 0 Å². The van der Waals surface area contributed by atoms with E-state index in [-0.39, 0.29) is 24.7 Å². The maximum Gasteiger partial charge on any atom is 0.305 e. The Kier molecular flexibility index (Phi) is 6.09. The molecule has 2 amide bonds. The first kappa shape index (κ1) is 19.6. The van der Waals surface area contributed by atoms with Gasteiger partial charge in [-0.3, -0.25) is 14.4 Å². The molecule has 6 heteroatoms. The summed E-state index contributed by atoms with van der Waals surface area (Å²) in [6, 6.07) is 17.6. The van der Waals surface area contributed by atoms with Crippen LogP contribution >= 0.6 is 0 Å². The summed E-state index contributed by atoms with van der Waals surface area (Å²) in [6.45, 7) is 0. The third kappa shape index (κ3) is 4.97. The zero-order valence-electron chi connectivity index (χ0n) is 15.6. The van der Waals surface area contributed by atoms with E-state index < -0.39 is 17.6 Å². The number of carboxylic acids is 1. The van der Waals surface area contributed by atoms with Crippen molar-refractivity contribution in [1.29, 1.82) is 0 Å². The van der Waals surface area contributed by atoms with Crippen LogP contribution in [0.2, 0.25) is 0 Å². The third-order valence-corrected chi connectivity index (χ3v) is 5.14. The molecular weight excluding hydrogens is 356 g/mol. The molecule has 1 aliphatic rings. The lowest BCUT2D eigenvalue weighted by atomic mass is 9.74. The van der Waals surface area contributed by atoms with Crippen LogP contribution in [0.5, 0.6) is 0 Å². The summed E-state index contributed by atoms with van der Waals surface area (Å²) in [5.41, 5.74) is 0.682. The average molecular weight is 380 g/mol. The van der Waals surface area contributed by atoms with Crippen LogP contribution in [0.3, 0.4) is 0 Å². The Bertz CT molecular complexity index is 832. The Morgan fingerprint density at radius 2 is 1.57 bits per heavy atom. The topological polar surface area (TPSA) is 95.5 Å². The number of carboxylic acid groups (broad SMARTS) is 1.